The zero-order valence-electron chi connectivity index (χ0n) is 21.9. The number of nitrogens with zero attached hydrogens (tertiary/aromatic N) is 4. The molecule has 0 unspecified atom stereocenters. The number of hydrogen-bond acceptors (Lipinski definition) is 4. The quantitative estimate of drug-likeness (QED) is 0.239. The van der Waals surface area contributed by atoms with Crippen molar-refractivity contribution in [2.75, 3.05) is 0 Å². The van der Waals surface area contributed by atoms with Gasteiger partial charge in [0.15, 0.2) is 0 Å². The van der Waals surface area contributed by atoms with Crippen LogP contribution in [0.2, 0.25) is 0 Å². The van der Waals surface area contributed by atoms with Crippen molar-refractivity contribution in [1.29, 1.82) is 0 Å². The van der Waals surface area contributed by atoms with Gasteiger partial charge in [0.2, 0.25) is 0 Å². The van der Waals surface area contributed by atoms with Gasteiger partial charge in [-0.15, -0.1) is 0 Å². The summed E-state index contributed by atoms with van der Waals surface area (Å²) in [6.07, 6.45) is 0. The SMILES string of the molecule is c1ccc(-c2nc(-c3ccccc3)nc(-c3ccc4ccc5c(c4c3)[I-]C(c3cccc4ccccc34)=N5)n2)cc1. The summed E-state index contributed by atoms with van der Waals surface area (Å²) in [6.45, 7) is 0. The number of fused-ring (bicyclic) bond motifs is 4. The molecule has 194 valence electrons. The van der Waals surface area contributed by atoms with Crippen LogP contribution < -0.4 is 21.2 Å². The second-order valence-corrected chi connectivity index (χ2v) is 12.5. The minimum atomic E-state index is -0.471. The van der Waals surface area contributed by atoms with Crippen molar-refractivity contribution in [3.05, 3.63) is 143 Å². The average molecular weight is 638 g/mol. The van der Waals surface area contributed by atoms with Gasteiger partial charge < -0.3 is 0 Å². The Hall–Kier alpha value is -4.75. The first-order valence-corrected chi connectivity index (χ1v) is 15.6. The van der Waals surface area contributed by atoms with Gasteiger partial charge in [-0.05, 0) is 0 Å². The van der Waals surface area contributed by atoms with Gasteiger partial charge in [0, 0.05) is 0 Å². The average Bonchev–Trinajstić information content (AvgIpc) is 3.50. The Kier molecular flexibility index (Phi) is 5.88. The molecule has 1 aromatic heterocycles. The van der Waals surface area contributed by atoms with E-state index in [0.717, 1.165) is 22.4 Å². The molecule has 0 N–H and O–H groups in total. The molecule has 41 heavy (non-hydrogen) atoms. The number of rotatable bonds is 4. The molecule has 5 heteroatoms. The van der Waals surface area contributed by atoms with E-state index >= 15 is 0 Å². The minimum absolute atomic E-state index is 0.471. The van der Waals surface area contributed by atoms with E-state index in [0.29, 0.717) is 17.5 Å². The summed E-state index contributed by atoms with van der Waals surface area (Å²) < 4.78 is 2.57. The zero-order valence-corrected chi connectivity index (χ0v) is 24.0. The summed E-state index contributed by atoms with van der Waals surface area (Å²) in [5.41, 5.74) is 5.23. The third kappa shape index (κ3) is 4.39. The predicted octanol–water partition coefficient (Wildman–Crippen LogP) is 5.53. The Labute approximate surface area is 247 Å². The van der Waals surface area contributed by atoms with Crippen LogP contribution in [0.1, 0.15) is 5.56 Å². The van der Waals surface area contributed by atoms with Crippen LogP contribution in [-0.2, 0) is 0 Å². The van der Waals surface area contributed by atoms with Gasteiger partial charge >= 0.3 is 249 Å². The Morgan fingerprint density at radius 3 is 1.76 bits per heavy atom. The van der Waals surface area contributed by atoms with Crippen LogP contribution in [0, 0.1) is 3.57 Å². The fourth-order valence-corrected chi connectivity index (χ4v) is 8.25. The second kappa shape index (κ2) is 10.0. The van der Waals surface area contributed by atoms with Crippen LogP contribution in [0.25, 0.3) is 55.7 Å². The van der Waals surface area contributed by atoms with Gasteiger partial charge in [0.25, 0.3) is 0 Å². The Balaban J connectivity index is 1.25. The van der Waals surface area contributed by atoms with Crippen molar-refractivity contribution < 1.29 is 21.2 Å². The number of aliphatic imine (C=N–C) groups is 1. The van der Waals surface area contributed by atoms with E-state index in [2.05, 4.69) is 72.8 Å². The van der Waals surface area contributed by atoms with Gasteiger partial charge in [0.1, 0.15) is 0 Å². The van der Waals surface area contributed by atoms with Crippen LogP contribution >= 0.6 is 0 Å². The van der Waals surface area contributed by atoms with Crippen molar-refractivity contribution in [1.82, 2.24) is 15.0 Å². The summed E-state index contributed by atoms with van der Waals surface area (Å²) in [4.78, 5) is 19.9. The standard InChI is InChI=1S/C36H22IN4/c1-3-11-25(12-4-1)34-39-35(26-13-5-2-6-14-26)41-36(40-34)27-19-18-24-20-21-31-32(30(24)22-27)37-33(38-31)29-17-9-15-23-10-7-8-16-28(23)29/h1-22H/q-1. The Morgan fingerprint density at radius 1 is 0.439 bits per heavy atom. The molecule has 0 spiro atoms. The molecule has 7 aromatic rings. The molecule has 0 bridgehead atoms. The molecule has 1 aliphatic rings. The fourth-order valence-electron chi connectivity index (χ4n) is 5.27. The first-order valence-electron chi connectivity index (χ1n) is 13.5. The Morgan fingerprint density at radius 2 is 1.02 bits per heavy atom. The number of benzene rings is 6. The number of aromatic nitrogens is 3. The fraction of sp³-hybridized carbons (Fsp3) is 0. The van der Waals surface area contributed by atoms with E-state index < -0.39 is 21.2 Å². The number of halogens is 1. The van der Waals surface area contributed by atoms with E-state index in [9.17, 15) is 0 Å². The molecule has 0 aliphatic carbocycles. The maximum absolute atomic E-state index is 5.16. The molecule has 0 atom stereocenters. The van der Waals surface area contributed by atoms with Gasteiger partial charge in [-0.3, -0.25) is 0 Å². The monoisotopic (exact) mass is 637 g/mol. The van der Waals surface area contributed by atoms with Crippen molar-refractivity contribution in [2.24, 2.45) is 4.99 Å². The van der Waals surface area contributed by atoms with E-state index in [4.69, 9.17) is 19.9 Å². The van der Waals surface area contributed by atoms with Crippen molar-refractivity contribution in [2.45, 2.75) is 0 Å². The van der Waals surface area contributed by atoms with Crippen LogP contribution in [0.4, 0.5) is 5.69 Å². The molecular weight excluding hydrogens is 615 g/mol. The molecule has 0 radical (unpaired) electrons. The molecule has 0 fully saturated rings. The van der Waals surface area contributed by atoms with Gasteiger partial charge in [0.05, 0.1) is 0 Å². The van der Waals surface area contributed by atoms with E-state index in [1.807, 2.05) is 60.7 Å². The Bertz CT molecular complexity index is 2060. The first kappa shape index (κ1) is 24.1. The first-order chi connectivity index (χ1) is 20.3. The molecule has 4 nitrogen and oxygen atoms in total. The van der Waals surface area contributed by atoms with Crippen molar-refractivity contribution >= 4 is 31.0 Å². The summed E-state index contributed by atoms with van der Waals surface area (Å²) in [7, 11) is 0. The van der Waals surface area contributed by atoms with E-state index in [1.54, 1.807) is 0 Å². The summed E-state index contributed by atoms with van der Waals surface area (Å²) in [6, 6.07) is 46.2. The van der Waals surface area contributed by atoms with Gasteiger partial charge in [-0.2, -0.15) is 0 Å². The third-order valence-electron chi connectivity index (χ3n) is 7.31. The molecule has 0 amide bonds. The molecule has 0 saturated heterocycles. The van der Waals surface area contributed by atoms with Crippen LogP contribution in [0.3, 0.4) is 0 Å². The molecule has 6 aromatic carbocycles. The summed E-state index contributed by atoms with van der Waals surface area (Å²) in [5, 5.41) is 4.95. The predicted molar refractivity (Wildman–Crippen MR) is 162 cm³/mol. The van der Waals surface area contributed by atoms with Crippen LogP contribution in [0.15, 0.2) is 138 Å². The maximum atomic E-state index is 5.16. The zero-order chi connectivity index (χ0) is 27.2. The van der Waals surface area contributed by atoms with Crippen molar-refractivity contribution in [3.8, 4) is 34.2 Å². The molecule has 1 aliphatic heterocycles. The topological polar surface area (TPSA) is 51.0 Å². The summed E-state index contributed by atoms with van der Waals surface area (Å²) >= 11 is -0.471. The molecule has 8 rings (SSSR count). The number of hydrogen-bond donors (Lipinski definition) is 0. The summed E-state index contributed by atoms with van der Waals surface area (Å²) in [5.74, 6) is 2.01. The molecular formula is C36H22IN4-. The molecule has 0 saturated carbocycles. The van der Waals surface area contributed by atoms with E-state index in [-0.39, 0.29) is 0 Å². The van der Waals surface area contributed by atoms with Gasteiger partial charge in [-0.1, -0.05) is 0 Å². The normalized spacial score (nSPS) is 12.6. The molecule has 2 heterocycles. The van der Waals surface area contributed by atoms with Crippen LogP contribution in [0.5, 0.6) is 0 Å². The van der Waals surface area contributed by atoms with E-state index in [1.165, 1.54) is 34.4 Å². The van der Waals surface area contributed by atoms with Gasteiger partial charge in [-0.25, -0.2) is 0 Å². The van der Waals surface area contributed by atoms with Crippen molar-refractivity contribution in [3.63, 3.8) is 0 Å². The third-order valence-corrected chi connectivity index (χ3v) is 10.3. The second-order valence-electron chi connectivity index (χ2n) is 9.90. The van der Waals surface area contributed by atoms with Crippen LogP contribution in [-0.4, -0.2) is 18.7 Å².